The molecule has 7 nitrogen and oxygen atoms in total. The molecule has 2 aromatic carbocycles. The lowest BCUT2D eigenvalue weighted by Crippen LogP contribution is -2.13. The molecule has 140 valence electrons. The van der Waals surface area contributed by atoms with Gasteiger partial charge >= 0.3 is 5.97 Å². The number of hydrogen-bond acceptors (Lipinski definition) is 7. The molecular formula is C19H18N2O5S. The Morgan fingerprint density at radius 2 is 1.74 bits per heavy atom. The maximum absolute atomic E-state index is 12.4. The van der Waals surface area contributed by atoms with Crippen molar-refractivity contribution < 1.29 is 22.4 Å². The first-order chi connectivity index (χ1) is 12.8. The van der Waals surface area contributed by atoms with Crippen molar-refractivity contribution in [2.75, 3.05) is 6.26 Å². The van der Waals surface area contributed by atoms with Crippen LogP contribution in [0.4, 0.5) is 0 Å². The van der Waals surface area contributed by atoms with Crippen molar-refractivity contribution in [3.63, 3.8) is 0 Å². The lowest BCUT2D eigenvalue weighted by atomic mass is 10.1. The summed E-state index contributed by atoms with van der Waals surface area (Å²) in [5.74, 6) is -0.348. The molecule has 1 atom stereocenters. The summed E-state index contributed by atoms with van der Waals surface area (Å²) in [6, 6.07) is 13.4. The Morgan fingerprint density at radius 1 is 1.07 bits per heavy atom. The Kier molecular flexibility index (Phi) is 5.09. The van der Waals surface area contributed by atoms with Crippen LogP contribution in [0.15, 0.2) is 57.8 Å². The van der Waals surface area contributed by atoms with Gasteiger partial charge in [0, 0.05) is 11.8 Å². The largest absolute Gasteiger partial charge is 0.449 e. The van der Waals surface area contributed by atoms with Gasteiger partial charge in [-0.2, -0.15) is 0 Å². The van der Waals surface area contributed by atoms with E-state index in [1.165, 1.54) is 12.1 Å². The molecule has 0 aliphatic rings. The molecule has 0 bridgehead atoms. The van der Waals surface area contributed by atoms with Crippen LogP contribution in [0, 0.1) is 6.92 Å². The van der Waals surface area contributed by atoms with E-state index in [0.717, 1.165) is 17.4 Å². The standard InChI is InChI=1S/C19H18N2O5S/c1-12-8-10-14(11-9-12)18-21-20-17(26-18)13(2)25-19(22)15-6-4-5-7-16(15)27(3,23)24/h4-11,13H,1-3H3/t13-/m1/s1. The first-order valence-electron chi connectivity index (χ1n) is 8.16. The Hall–Kier alpha value is -3.00. The zero-order chi connectivity index (χ0) is 19.6. The third kappa shape index (κ3) is 4.22. The molecule has 0 saturated heterocycles. The van der Waals surface area contributed by atoms with Crippen molar-refractivity contribution in [2.45, 2.75) is 24.8 Å². The smallest absolute Gasteiger partial charge is 0.340 e. The van der Waals surface area contributed by atoms with Gasteiger partial charge in [0.15, 0.2) is 15.9 Å². The maximum Gasteiger partial charge on any atom is 0.340 e. The van der Waals surface area contributed by atoms with Crippen LogP contribution in [-0.2, 0) is 14.6 Å². The predicted molar refractivity (Wildman–Crippen MR) is 97.9 cm³/mol. The Bertz CT molecular complexity index is 1070. The predicted octanol–water partition coefficient (Wildman–Crippen LogP) is 3.37. The number of benzene rings is 2. The molecule has 0 amide bonds. The lowest BCUT2D eigenvalue weighted by molar-refractivity contribution is 0.0275. The molecule has 0 aliphatic carbocycles. The highest BCUT2D eigenvalue weighted by Gasteiger charge is 2.24. The number of ether oxygens (including phenoxy) is 1. The Balaban J connectivity index is 1.79. The van der Waals surface area contributed by atoms with Gasteiger partial charge in [0.2, 0.25) is 5.89 Å². The average Bonchev–Trinajstić information content (AvgIpc) is 3.12. The number of carbonyl (C=O) groups excluding carboxylic acids is 1. The van der Waals surface area contributed by atoms with Crippen LogP contribution in [0.2, 0.25) is 0 Å². The van der Waals surface area contributed by atoms with Gasteiger partial charge in [-0.15, -0.1) is 10.2 Å². The number of carbonyl (C=O) groups is 1. The Morgan fingerprint density at radius 3 is 2.41 bits per heavy atom. The number of rotatable bonds is 5. The second kappa shape index (κ2) is 7.32. The van der Waals surface area contributed by atoms with Gasteiger partial charge in [0.25, 0.3) is 5.89 Å². The molecule has 0 N–H and O–H groups in total. The molecule has 0 aliphatic heterocycles. The molecular weight excluding hydrogens is 368 g/mol. The van der Waals surface area contributed by atoms with Crippen LogP contribution in [0.1, 0.15) is 34.8 Å². The third-order valence-corrected chi connectivity index (χ3v) is 5.03. The van der Waals surface area contributed by atoms with Gasteiger partial charge in [0.05, 0.1) is 10.5 Å². The minimum Gasteiger partial charge on any atom is -0.449 e. The zero-order valence-corrected chi connectivity index (χ0v) is 15.9. The van der Waals surface area contributed by atoms with E-state index in [0.29, 0.717) is 5.89 Å². The SMILES string of the molecule is Cc1ccc(-c2nnc([C@@H](C)OC(=O)c3ccccc3S(C)(=O)=O)o2)cc1. The lowest BCUT2D eigenvalue weighted by Gasteiger charge is -2.11. The quantitative estimate of drug-likeness (QED) is 0.620. The van der Waals surface area contributed by atoms with Crippen molar-refractivity contribution >= 4 is 15.8 Å². The van der Waals surface area contributed by atoms with E-state index in [9.17, 15) is 13.2 Å². The number of hydrogen-bond donors (Lipinski definition) is 0. The van der Waals surface area contributed by atoms with E-state index < -0.39 is 21.9 Å². The van der Waals surface area contributed by atoms with Crippen LogP contribution in [0.25, 0.3) is 11.5 Å². The fraction of sp³-hybridized carbons (Fsp3) is 0.211. The summed E-state index contributed by atoms with van der Waals surface area (Å²) in [5.41, 5.74) is 1.82. The summed E-state index contributed by atoms with van der Waals surface area (Å²) >= 11 is 0. The number of nitrogens with zero attached hydrogens (tertiary/aromatic N) is 2. The average molecular weight is 386 g/mol. The number of aromatic nitrogens is 2. The molecule has 0 spiro atoms. The van der Waals surface area contributed by atoms with Crippen LogP contribution >= 0.6 is 0 Å². The van der Waals surface area contributed by atoms with Crippen LogP contribution in [0.3, 0.4) is 0 Å². The minimum atomic E-state index is -3.57. The zero-order valence-electron chi connectivity index (χ0n) is 15.0. The van der Waals surface area contributed by atoms with Gasteiger partial charge in [-0.1, -0.05) is 29.8 Å². The monoisotopic (exact) mass is 386 g/mol. The second-order valence-corrected chi connectivity index (χ2v) is 8.11. The number of esters is 1. The minimum absolute atomic E-state index is 0.0369. The second-order valence-electron chi connectivity index (χ2n) is 6.13. The molecule has 1 heterocycles. The van der Waals surface area contributed by atoms with Crippen LogP contribution < -0.4 is 0 Å². The van der Waals surface area contributed by atoms with Crippen molar-refractivity contribution in [3.8, 4) is 11.5 Å². The summed E-state index contributed by atoms with van der Waals surface area (Å²) in [6.07, 6.45) is 0.200. The van der Waals surface area contributed by atoms with Crippen molar-refractivity contribution in [1.29, 1.82) is 0 Å². The molecule has 8 heteroatoms. The van der Waals surface area contributed by atoms with Crippen LogP contribution in [-0.4, -0.2) is 30.8 Å². The van der Waals surface area contributed by atoms with Crippen molar-refractivity contribution in [1.82, 2.24) is 10.2 Å². The van der Waals surface area contributed by atoms with E-state index in [2.05, 4.69) is 10.2 Å². The highest BCUT2D eigenvalue weighted by Crippen LogP contribution is 2.24. The molecule has 27 heavy (non-hydrogen) atoms. The summed E-state index contributed by atoms with van der Waals surface area (Å²) < 4.78 is 34.6. The number of aryl methyl sites for hydroxylation is 1. The fourth-order valence-corrected chi connectivity index (χ4v) is 3.32. The van der Waals surface area contributed by atoms with E-state index in [-0.39, 0.29) is 16.3 Å². The third-order valence-electron chi connectivity index (χ3n) is 3.88. The van der Waals surface area contributed by atoms with E-state index in [1.54, 1.807) is 19.1 Å². The molecule has 0 fully saturated rings. The molecule has 0 saturated carbocycles. The number of sulfone groups is 1. The van der Waals surface area contributed by atoms with E-state index in [4.69, 9.17) is 9.15 Å². The maximum atomic E-state index is 12.4. The van der Waals surface area contributed by atoms with E-state index >= 15 is 0 Å². The molecule has 3 rings (SSSR count). The summed E-state index contributed by atoms with van der Waals surface area (Å²) in [7, 11) is -3.57. The highest BCUT2D eigenvalue weighted by atomic mass is 32.2. The van der Waals surface area contributed by atoms with Crippen molar-refractivity contribution in [3.05, 3.63) is 65.5 Å². The van der Waals surface area contributed by atoms with Crippen molar-refractivity contribution in [2.24, 2.45) is 0 Å². The Labute approximate surface area is 156 Å². The van der Waals surface area contributed by atoms with E-state index in [1.807, 2.05) is 31.2 Å². The van der Waals surface area contributed by atoms with Gasteiger partial charge in [-0.05, 0) is 38.1 Å². The highest BCUT2D eigenvalue weighted by molar-refractivity contribution is 7.90. The first-order valence-corrected chi connectivity index (χ1v) is 10.1. The first kappa shape index (κ1) is 18.8. The van der Waals surface area contributed by atoms with Gasteiger partial charge in [-0.25, -0.2) is 13.2 Å². The molecule has 0 radical (unpaired) electrons. The van der Waals surface area contributed by atoms with Crippen LogP contribution in [0.5, 0.6) is 0 Å². The summed E-state index contributed by atoms with van der Waals surface area (Å²) in [5, 5.41) is 7.89. The normalized spacial score (nSPS) is 12.6. The molecule has 3 aromatic rings. The van der Waals surface area contributed by atoms with Gasteiger partial charge in [-0.3, -0.25) is 0 Å². The fourth-order valence-electron chi connectivity index (χ4n) is 2.44. The molecule has 1 aromatic heterocycles. The molecule has 0 unspecified atom stereocenters. The summed E-state index contributed by atoms with van der Waals surface area (Å²) in [6.45, 7) is 3.55. The van der Waals surface area contributed by atoms with Gasteiger partial charge < -0.3 is 9.15 Å². The summed E-state index contributed by atoms with van der Waals surface area (Å²) in [4.78, 5) is 12.3. The van der Waals surface area contributed by atoms with Gasteiger partial charge in [0.1, 0.15) is 0 Å². The topological polar surface area (TPSA) is 99.4 Å².